The van der Waals surface area contributed by atoms with Gasteiger partial charge in [0.05, 0.1) is 44.3 Å². The van der Waals surface area contributed by atoms with Crippen LogP contribution in [0.1, 0.15) is 36.6 Å². The maximum Gasteiger partial charge on any atom is 0.169 e. The van der Waals surface area contributed by atoms with Crippen LogP contribution < -0.4 is 9.47 Å². The quantitative estimate of drug-likeness (QED) is 0.366. The number of nitrogens with zero attached hydrogens (tertiary/aromatic N) is 5. The maximum absolute atomic E-state index is 13.7. The van der Waals surface area contributed by atoms with Crippen LogP contribution in [0.3, 0.4) is 0 Å². The van der Waals surface area contributed by atoms with Crippen molar-refractivity contribution in [2.45, 2.75) is 30.1 Å². The van der Waals surface area contributed by atoms with E-state index in [1.54, 1.807) is 22.8 Å². The van der Waals surface area contributed by atoms with Gasteiger partial charge in [-0.3, -0.25) is 4.57 Å². The summed E-state index contributed by atoms with van der Waals surface area (Å²) >= 11 is 5.89. The third kappa shape index (κ3) is 5.70. The number of para-hydroxylation sites is 1. The molecule has 14 heteroatoms. The summed E-state index contributed by atoms with van der Waals surface area (Å²) in [6.45, 7) is 2.58. The fraction of sp³-hybridized carbons (Fsp3) is 0.478. The predicted octanol–water partition coefficient (Wildman–Crippen LogP) is 2.51. The number of hydrogen-bond donors (Lipinski definition) is 0. The van der Waals surface area contributed by atoms with Gasteiger partial charge < -0.3 is 23.7 Å². The third-order valence-electron chi connectivity index (χ3n) is 5.96. The molecule has 37 heavy (non-hydrogen) atoms. The fourth-order valence-corrected chi connectivity index (χ4v) is 5.56. The van der Waals surface area contributed by atoms with E-state index in [-0.39, 0.29) is 18.3 Å². The molecule has 0 spiro atoms. The summed E-state index contributed by atoms with van der Waals surface area (Å²) in [5.41, 5.74) is 0.448. The first kappa shape index (κ1) is 27.2. The molecular weight excluding hydrogens is 526 g/mol. The minimum absolute atomic E-state index is 0.144. The van der Waals surface area contributed by atoms with Crippen molar-refractivity contribution in [2.75, 3.05) is 41.2 Å². The Morgan fingerprint density at radius 2 is 1.78 bits per heavy atom. The van der Waals surface area contributed by atoms with Crippen LogP contribution in [0.2, 0.25) is 5.02 Å². The van der Waals surface area contributed by atoms with Gasteiger partial charge in [0.2, 0.25) is 0 Å². The molecule has 1 saturated heterocycles. The Kier molecular flexibility index (Phi) is 8.60. The van der Waals surface area contributed by atoms with Crippen molar-refractivity contribution < 1.29 is 32.1 Å². The largest absolute Gasteiger partial charge is 0.494 e. The van der Waals surface area contributed by atoms with Gasteiger partial charge in [0.25, 0.3) is 0 Å². The lowest BCUT2D eigenvalue weighted by Crippen LogP contribution is -2.30. The van der Waals surface area contributed by atoms with Crippen molar-refractivity contribution >= 4 is 21.4 Å². The summed E-state index contributed by atoms with van der Waals surface area (Å²) in [6.07, 6.45) is 1.27. The highest BCUT2D eigenvalue weighted by molar-refractivity contribution is 7.91. The van der Waals surface area contributed by atoms with Crippen LogP contribution in [-0.4, -0.2) is 79.6 Å². The van der Waals surface area contributed by atoms with Gasteiger partial charge in [-0.2, -0.15) is 0 Å². The van der Waals surface area contributed by atoms with E-state index in [1.807, 2.05) is 0 Å². The number of methoxy groups -OCH3 is 3. The molecule has 0 bridgehead atoms. The molecule has 0 aliphatic carbocycles. The van der Waals surface area contributed by atoms with Crippen molar-refractivity contribution in [3.05, 3.63) is 53.1 Å². The molecule has 1 aliphatic rings. The molecule has 12 nitrogen and oxygen atoms in total. The Morgan fingerprint density at radius 1 is 1.11 bits per heavy atom. The Bertz CT molecular complexity index is 1290. The third-order valence-corrected chi connectivity index (χ3v) is 8.19. The average molecular weight is 554 g/mol. The summed E-state index contributed by atoms with van der Waals surface area (Å²) in [5, 5.41) is 7.86. The van der Waals surface area contributed by atoms with Gasteiger partial charge in [-0.05, 0) is 19.1 Å². The van der Waals surface area contributed by atoms with E-state index in [0.717, 1.165) is 0 Å². The standard InChI is InChI=1S/C23H28ClN5O7S/c1-14(21(34-4)22-25-10-15(24)11-26-22)37(30,31)13-19-27-28-23(18-12-35-8-9-36-18)29(19)20-16(32-2)6-5-7-17(20)33-3/h5-7,10-11,14,18,21H,8-9,12-13H2,1-4H3/t14-,18+,21-/m0/s1. The van der Waals surface area contributed by atoms with E-state index in [4.69, 9.17) is 35.3 Å². The van der Waals surface area contributed by atoms with Crippen LogP contribution in [0.5, 0.6) is 11.5 Å². The van der Waals surface area contributed by atoms with E-state index in [2.05, 4.69) is 20.2 Å². The fourth-order valence-electron chi connectivity index (χ4n) is 4.04. The van der Waals surface area contributed by atoms with Gasteiger partial charge in [0.1, 0.15) is 35.1 Å². The zero-order valence-electron chi connectivity index (χ0n) is 20.8. The van der Waals surface area contributed by atoms with Crippen molar-refractivity contribution in [1.29, 1.82) is 0 Å². The molecule has 0 amide bonds. The summed E-state index contributed by atoms with van der Waals surface area (Å²) < 4.78 is 57.0. The lowest BCUT2D eigenvalue weighted by molar-refractivity contribution is -0.0942. The number of ether oxygens (including phenoxy) is 5. The van der Waals surface area contributed by atoms with Gasteiger partial charge in [-0.25, -0.2) is 18.4 Å². The van der Waals surface area contributed by atoms with E-state index < -0.39 is 33.0 Å². The second-order valence-electron chi connectivity index (χ2n) is 8.18. The molecular formula is C23H28ClN5O7S. The van der Waals surface area contributed by atoms with Crippen LogP contribution in [-0.2, 0) is 29.8 Å². The number of benzene rings is 1. The Balaban J connectivity index is 1.78. The molecule has 0 unspecified atom stereocenters. The van der Waals surface area contributed by atoms with E-state index in [1.165, 1.54) is 40.6 Å². The van der Waals surface area contributed by atoms with Gasteiger partial charge in [-0.15, -0.1) is 10.2 Å². The van der Waals surface area contributed by atoms with Crippen LogP contribution in [0.4, 0.5) is 0 Å². The van der Waals surface area contributed by atoms with Crippen LogP contribution in [0.15, 0.2) is 30.6 Å². The smallest absolute Gasteiger partial charge is 0.169 e. The molecule has 2 aromatic heterocycles. The van der Waals surface area contributed by atoms with Crippen molar-refractivity contribution in [2.24, 2.45) is 0 Å². The Hall–Kier alpha value is -2.84. The first-order valence-corrected chi connectivity index (χ1v) is 13.5. The SMILES string of the molecule is COc1cccc(OC)c1-n1c(CS(=O)(=O)[C@@H](C)[C@H](OC)c2ncc(Cl)cn2)nnc1[C@H]1COCCO1. The number of halogens is 1. The molecule has 1 fully saturated rings. The average Bonchev–Trinajstić information content (AvgIpc) is 3.32. The molecule has 200 valence electrons. The lowest BCUT2D eigenvalue weighted by Gasteiger charge is -2.25. The number of rotatable bonds is 10. The summed E-state index contributed by atoms with van der Waals surface area (Å²) in [5.74, 6) is 1.12. The van der Waals surface area contributed by atoms with Crippen molar-refractivity contribution in [3.8, 4) is 17.2 Å². The number of sulfone groups is 1. The maximum atomic E-state index is 13.7. The van der Waals surface area contributed by atoms with E-state index >= 15 is 0 Å². The van der Waals surface area contributed by atoms with Gasteiger partial charge >= 0.3 is 0 Å². The molecule has 1 aromatic carbocycles. The molecule has 0 N–H and O–H groups in total. The summed E-state index contributed by atoms with van der Waals surface area (Å²) in [7, 11) is 0.534. The number of hydrogen-bond acceptors (Lipinski definition) is 11. The van der Waals surface area contributed by atoms with Crippen LogP contribution in [0, 0.1) is 0 Å². The van der Waals surface area contributed by atoms with Crippen molar-refractivity contribution in [1.82, 2.24) is 24.7 Å². The van der Waals surface area contributed by atoms with Crippen LogP contribution >= 0.6 is 11.6 Å². The van der Waals surface area contributed by atoms with Gasteiger partial charge in [0, 0.05) is 19.5 Å². The topological polar surface area (TPSA) is 137 Å². The molecule has 0 radical (unpaired) electrons. The first-order valence-electron chi connectivity index (χ1n) is 11.4. The second-order valence-corrected chi connectivity index (χ2v) is 11.0. The van der Waals surface area contributed by atoms with E-state index in [9.17, 15) is 8.42 Å². The lowest BCUT2D eigenvalue weighted by atomic mass is 10.2. The molecule has 1 aliphatic heterocycles. The minimum Gasteiger partial charge on any atom is -0.494 e. The second kappa shape index (κ2) is 11.7. The van der Waals surface area contributed by atoms with Gasteiger partial charge in [-0.1, -0.05) is 17.7 Å². The first-order chi connectivity index (χ1) is 17.8. The zero-order chi connectivity index (χ0) is 26.6. The normalized spacial score (nSPS) is 17.8. The summed E-state index contributed by atoms with van der Waals surface area (Å²) in [6, 6.07) is 5.23. The number of aromatic nitrogens is 5. The molecule has 3 atom stereocenters. The van der Waals surface area contributed by atoms with Crippen LogP contribution in [0.25, 0.3) is 5.69 Å². The van der Waals surface area contributed by atoms with Crippen molar-refractivity contribution in [3.63, 3.8) is 0 Å². The highest BCUT2D eigenvalue weighted by Gasteiger charge is 2.36. The highest BCUT2D eigenvalue weighted by Crippen LogP contribution is 2.37. The highest BCUT2D eigenvalue weighted by atomic mass is 35.5. The summed E-state index contributed by atoms with van der Waals surface area (Å²) in [4.78, 5) is 8.28. The van der Waals surface area contributed by atoms with Gasteiger partial charge in [0.15, 0.2) is 27.3 Å². The minimum atomic E-state index is -3.88. The Morgan fingerprint density at radius 3 is 2.35 bits per heavy atom. The van der Waals surface area contributed by atoms with E-state index in [0.29, 0.717) is 41.2 Å². The molecule has 3 heterocycles. The zero-order valence-corrected chi connectivity index (χ0v) is 22.4. The molecule has 3 aromatic rings. The molecule has 4 rings (SSSR count). The Labute approximate surface area is 219 Å². The monoisotopic (exact) mass is 553 g/mol. The predicted molar refractivity (Wildman–Crippen MR) is 133 cm³/mol. The molecule has 0 saturated carbocycles.